The van der Waals surface area contributed by atoms with E-state index in [1.165, 1.54) is 0 Å². The molecule has 0 saturated heterocycles. The number of amides is 1. The second-order valence-electron chi connectivity index (χ2n) is 8.58. The largest absolute Gasteiger partial charge is 0.490 e. The van der Waals surface area contributed by atoms with Gasteiger partial charge < -0.3 is 18.8 Å². The molecule has 36 heavy (non-hydrogen) atoms. The normalized spacial score (nSPS) is 14.8. The summed E-state index contributed by atoms with van der Waals surface area (Å²) in [4.78, 5) is 29.1. The Morgan fingerprint density at radius 2 is 1.72 bits per heavy atom. The minimum atomic E-state index is -0.677. The summed E-state index contributed by atoms with van der Waals surface area (Å²) in [5.41, 5.74) is 1.97. The standard InChI is InChI=1S/C29H26ClNO5/c1-3-15-35-23-14-13-18(16-24(23)34-4-2)26-25-27(32)20-10-6-8-12-22(20)36-28(25)29(33)31(26)17-19-9-5-7-11-21(19)30/h5-14,16,26H,3-4,15,17H2,1-2H3. The minimum absolute atomic E-state index is 0.0556. The van der Waals surface area contributed by atoms with Gasteiger partial charge in [-0.3, -0.25) is 9.59 Å². The van der Waals surface area contributed by atoms with Crippen LogP contribution in [0.2, 0.25) is 5.02 Å². The number of carbonyl (C=O) groups excluding carboxylic acids is 1. The van der Waals surface area contributed by atoms with Crippen molar-refractivity contribution in [2.45, 2.75) is 32.9 Å². The highest BCUT2D eigenvalue weighted by molar-refractivity contribution is 6.31. The predicted molar refractivity (Wildman–Crippen MR) is 139 cm³/mol. The number of hydrogen-bond acceptors (Lipinski definition) is 5. The molecular weight excluding hydrogens is 478 g/mol. The van der Waals surface area contributed by atoms with Gasteiger partial charge in [0.25, 0.3) is 5.91 Å². The molecule has 0 bridgehead atoms. The fourth-order valence-electron chi connectivity index (χ4n) is 4.58. The van der Waals surface area contributed by atoms with Gasteiger partial charge in [-0.05, 0) is 54.8 Å². The maximum atomic E-state index is 13.7. The lowest BCUT2D eigenvalue weighted by molar-refractivity contribution is 0.0714. The van der Waals surface area contributed by atoms with Gasteiger partial charge in [-0.2, -0.15) is 0 Å². The van der Waals surface area contributed by atoms with Crippen molar-refractivity contribution in [1.29, 1.82) is 0 Å². The van der Waals surface area contributed by atoms with Gasteiger partial charge in [-0.1, -0.05) is 54.9 Å². The van der Waals surface area contributed by atoms with Crippen molar-refractivity contribution in [2.24, 2.45) is 0 Å². The van der Waals surface area contributed by atoms with Crippen LogP contribution in [0.1, 0.15) is 53.6 Å². The molecule has 1 amide bonds. The molecule has 5 rings (SSSR count). The second kappa shape index (κ2) is 10.1. The summed E-state index contributed by atoms with van der Waals surface area (Å²) in [6, 6.07) is 19.2. The molecule has 1 atom stereocenters. The number of halogens is 1. The van der Waals surface area contributed by atoms with Gasteiger partial charge in [-0.25, -0.2) is 0 Å². The lowest BCUT2D eigenvalue weighted by Gasteiger charge is -2.26. The Morgan fingerprint density at radius 3 is 2.50 bits per heavy atom. The van der Waals surface area contributed by atoms with E-state index < -0.39 is 6.04 Å². The fraction of sp³-hybridized carbons (Fsp3) is 0.241. The first-order chi connectivity index (χ1) is 17.5. The lowest BCUT2D eigenvalue weighted by atomic mass is 9.97. The summed E-state index contributed by atoms with van der Waals surface area (Å²) in [5.74, 6) is 0.879. The van der Waals surface area contributed by atoms with Crippen LogP contribution >= 0.6 is 11.6 Å². The van der Waals surface area contributed by atoms with Gasteiger partial charge in [-0.15, -0.1) is 0 Å². The van der Waals surface area contributed by atoms with Crippen molar-refractivity contribution < 1.29 is 18.7 Å². The van der Waals surface area contributed by atoms with Crippen LogP contribution in [0.25, 0.3) is 11.0 Å². The summed E-state index contributed by atoms with van der Waals surface area (Å²) in [6.45, 7) is 5.14. The fourth-order valence-corrected chi connectivity index (χ4v) is 4.78. The number of rotatable bonds is 8. The van der Waals surface area contributed by atoms with Gasteiger partial charge in [0.15, 0.2) is 16.9 Å². The highest BCUT2D eigenvalue weighted by atomic mass is 35.5. The van der Waals surface area contributed by atoms with E-state index in [4.69, 9.17) is 25.5 Å². The van der Waals surface area contributed by atoms with E-state index in [1.807, 2.05) is 50.2 Å². The number of nitrogens with zero attached hydrogens (tertiary/aromatic N) is 1. The average Bonchev–Trinajstić information content (AvgIpc) is 3.16. The van der Waals surface area contributed by atoms with Crippen LogP contribution in [-0.2, 0) is 6.54 Å². The van der Waals surface area contributed by atoms with E-state index in [1.54, 1.807) is 35.2 Å². The maximum absolute atomic E-state index is 13.7. The number of ether oxygens (including phenoxy) is 2. The van der Waals surface area contributed by atoms with Crippen LogP contribution in [0, 0.1) is 0 Å². The summed E-state index contributed by atoms with van der Waals surface area (Å²) < 4.78 is 17.8. The van der Waals surface area contributed by atoms with Crippen LogP contribution < -0.4 is 14.9 Å². The van der Waals surface area contributed by atoms with E-state index in [0.29, 0.717) is 46.3 Å². The number of carbonyl (C=O) groups is 1. The van der Waals surface area contributed by atoms with Crippen LogP contribution in [0.5, 0.6) is 11.5 Å². The van der Waals surface area contributed by atoms with Gasteiger partial charge >= 0.3 is 0 Å². The molecule has 0 radical (unpaired) electrons. The van der Waals surface area contributed by atoms with Crippen molar-refractivity contribution in [1.82, 2.24) is 4.90 Å². The number of fused-ring (bicyclic) bond motifs is 2. The first kappa shape index (κ1) is 23.9. The Labute approximate surface area is 214 Å². The van der Waals surface area contributed by atoms with Crippen molar-refractivity contribution in [3.63, 3.8) is 0 Å². The average molecular weight is 504 g/mol. The van der Waals surface area contributed by atoms with Gasteiger partial charge in [0.1, 0.15) is 5.58 Å². The molecule has 184 valence electrons. The SMILES string of the molecule is CCCOc1ccc(C2c3c(oc4ccccc4c3=O)C(=O)N2Cc2ccccc2Cl)cc1OCC. The van der Waals surface area contributed by atoms with Crippen molar-refractivity contribution in [3.8, 4) is 11.5 Å². The van der Waals surface area contributed by atoms with Crippen LogP contribution in [-0.4, -0.2) is 24.0 Å². The molecule has 2 heterocycles. The molecule has 1 aromatic heterocycles. The topological polar surface area (TPSA) is 69.0 Å². The molecular formula is C29H26ClNO5. The Bertz CT molecular complexity index is 1500. The molecule has 0 saturated carbocycles. The molecule has 0 aliphatic carbocycles. The van der Waals surface area contributed by atoms with Crippen molar-refractivity contribution in [2.75, 3.05) is 13.2 Å². The monoisotopic (exact) mass is 503 g/mol. The smallest absolute Gasteiger partial charge is 0.291 e. The zero-order valence-electron chi connectivity index (χ0n) is 20.1. The Morgan fingerprint density at radius 1 is 0.944 bits per heavy atom. The van der Waals surface area contributed by atoms with E-state index >= 15 is 0 Å². The predicted octanol–water partition coefficient (Wildman–Crippen LogP) is 6.38. The molecule has 4 aromatic rings. The highest BCUT2D eigenvalue weighted by Gasteiger charge is 2.43. The van der Waals surface area contributed by atoms with Crippen LogP contribution in [0.3, 0.4) is 0 Å². The van der Waals surface area contributed by atoms with Crippen LogP contribution in [0.4, 0.5) is 0 Å². The third-order valence-electron chi connectivity index (χ3n) is 6.22. The maximum Gasteiger partial charge on any atom is 0.291 e. The van der Waals surface area contributed by atoms with E-state index in [9.17, 15) is 9.59 Å². The molecule has 7 heteroatoms. The van der Waals surface area contributed by atoms with Gasteiger partial charge in [0, 0.05) is 11.6 Å². The number of para-hydroxylation sites is 1. The van der Waals surface area contributed by atoms with E-state index in [0.717, 1.165) is 17.5 Å². The van der Waals surface area contributed by atoms with E-state index in [2.05, 4.69) is 0 Å². The number of benzene rings is 3. The molecule has 1 aliphatic rings. The molecule has 3 aromatic carbocycles. The molecule has 1 aliphatic heterocycles. The molecule has 1 unspecified atom stereocenters. The summed E-state index contributed by atoms with van der Waals surface area (Å²) in [5, 5.41) is 0.976. The summed E-state index contributed by atoms with van der Waals surface area (Å²) >= 11 is 6.45. The molecule has 0 spiro atoms. The number of hydrogen-bond donors (Lipinski definition) is 0. The van der Waals surface area contributed by atoms with Crippen LogP contribution in [0.15, 0.2) is 75.9 Å². The molecule has 6 nitrogen and oxygen atoms in total. The minimum Gasteiger partial charge on any atom is -0.490 e. The highest BCUT2D eigenvalue weighted by Crippen LogP contribution is 2.42. The zero-order chi connectivity index (χ0) is 25.2. The van der Waals surface area contributed by atoms with Gasteiger partial charge in [0.05, 0.1) is 30.2 Å². The first-order valence-electron chi connectivity index (χ1n) is 12.0. The Kier molecular flexibility index (Phi) is 6.70. The summed E-state index contributed by atoms with van der Waals surface area (Å²) in [7, 11) is 0. The quantitative estimate of drug-likeness (QED) is 0.279. The third-order valence-corrected chi connectivity index (χ3v) is 6.59. The molecule has 0 N–H and O–H groups in total. The first-order valence-corrected chi connectivity index (χ1v) is 12.4. The third kappa shape index (κ3) is 4.22. The Hall–Kier alpha value is -3.77. The Balaban J connectivity index is 1.69. The van der Waals surface area contributed by atoms with Gasteiger partial charge in [0.2, 0.25) is 5.76 Å². The zero-order valence-corrected chi connectivity index (χ0v) is 20.9. The van der Waals surface area contributed by atoms with Crippen molar-refractivity contribution in [3.05, 3.63) is 104 Å². The lowest BCUT2D eigenvalue weighted by Crippen LogP contribution is -2.29. The van der Waals surface area contributed by atoms with E-state index in [-0.39, 0.29) is 23.6 Å². The molecule has 0 fully saturated rings. The summed E-state index contributed by atoms with van der Waals surface area (Å²) in [6.07, 6.45) is 0.859. The van der Waals surface area contributed by atoms with Crippen molar-refractivity contribution >= 4 is 28.5 Å². The second-order valence-corrected chi connectivity index (χ2v) is 8.99.